The van der Waals surface area contributed by atoms with Crippen molar-refractivity contribution < 1.29 is 28.2 Å². The summed E-state index contributed by atoms with van der Waals surface area (Å²) >= 11 is 12.3. The highest BCUT2D eigenvalue weighted by Gasteiger charge is 2.46. The molecule has 3 rings (SSSR count). The molecule has 12 heteroatoms. The summed E-state index contributed by atoms with van der Waals surface area (Å²) in [7, 11) is 0. The van der Waals surface area contributed by atoms with E-state index in [1.54, 1.807) is 4.68 Å². The largest absolute Gasteiger partial charge is 0.481 e. The molecule has 0 atom stereocenters. The van der Waals surface area contributed by atoms with E-state index in [1.165, 1.54) is 24.4 Å². The molecule has 0 radical (unpaired) electrons. The van der Waals surface area contributed by atoms with Crippen LogP contribution in [-0.4, -0.2) is 57.9 Å². The van der Waals surface area contributed by atoms with Crippen molar-refractivity contribution in [2.24, 2.45) is 0 Å². The van der Waals surface area contributed by atoms with E-state index in [0.717, 1.165) is 0 Å². The minimum absolute atomic E-state index is 0.0108. The fraction of sp³-hybridized carbons (Fsp3) is 0.500. The van der Waals surface area contributed by atoms with Crippen LogP contribution in [0.3, 0.4) is 0 Å². The summed E-state index contributed by atoms with van der Waals surface area (Å²) in [5, 5.41) is 16.7. The maximum atomic E-state index is 13.8. The summed E-state index contributed by atoms with van der Waals surface area (Å²) in [5.74, 6) is -1.66. The topological polar surface area (TPSA) is 96.7 Å². The van der Waals surface area contributed by atoms with E-state index in [0.29, 0.717) is 43.2 Å². The second-order valence-electron chi connectivity index (χ2n) is 8.43. The number of rotatable bonds is 9. The standard InChI is InChI=1S/C22H26Cl2F2N4O4/c1-13(2)19-15(24)12-27-30(19)22(6-9-29(10-7-22)8-5-18(31)32)20(33)28-16-4-3-14(23)11-17(16)34-21(25)26/h3-4,11-13,21H,5-10H2,1-2H3,(H,28,33)(H,31,32). The van der Waals surface area contributed by atoms with Gasteiger partial charge in [-0.05, 0) is 30.9 Å². The summed E-state index contributed by atoms with van der Waals surface area (Å²) in [6.07, 6.45) is 2.10. The number of carbonyl (C=O) groups excluding carboxylic acids is 1. The Morgan fingerprint density at radius 2 is 1.94 bits per heavy atom. The predicted molar refractivity (Wildman–Crippen MR) is 124 cm³/mol. The summed E-state index contributed by atoms with van der Waals surface area (Å²) in [5.41, 5.74) is -0.448. The molecule has 1 fully saturated rings. The average molecular weight is 519 g/mol. The number of benzene rings is 1. The fourth-order valence-corrected chi connectivity index (χ4v) is 4.67. The van der Waals surface area contributed by atoms with Gasteiger partial charge in [-0.3, -0.25) is 14.3 Å². The second kappa shape index (κ2) is 10.9. The summed E-state index contributed by atoms with van der Waals surface area (Å²) < 4.78 is 32.0. The number of halogens is 4. The number of aliphatic carboxylic acids is 1. The Morgan fingerprint density at radius 1 is 1.26 bits per heavy atom. The third-order valence-corrected chi connectivity index (χ3v) is 6.39. The number of nitrogens with one attached hydrogen (secondary N) is 1. The number of nitrogens with zero attached hydrogens (tertiary/aromatic N) is 3. The molecule has 2 N–H and O–H groups in total. The number of carboxylic acids is 1. The number of likely N-dealkylation sites (tertiary alicyclic amines) is 1. The van der Waals surface area contributed by atoms with Crippen molar-refractivity contribution in [1.82, 2.24) is 14.7 Å². The molecule has 1 aromatic heterocycles. The summed E-state index contributed by atoms with van der Waals surface area (Å²) in [6, 6.07) is 4.06. The van der Waals surface area contributed by atoms with Crippen molar-refractivity contribution in [1.29, 1.82) is 0 Å². The molecule has 8 nitrogen and oxygen atoms in total. The smallest absolute Gasteiger partial charge is 0.387 e. The molecule has 0 saturated carbocycles. The molecule has 1 saturated heterocycles. The first-order valence-electron chi connectivity index (χ1n) is 10.8. The van der Waals surface area contributed by atoms with Gasteiger partial charge in [-0.1, -0.05) is 37.0 Å². The van der Waals surface area contributed by atoms with Crippen molar-refractivity contribution in [2.75, 3.05) is 25.0 Å². The van der Waals surface area contributed by atoms with Crippen LogP contribution in [0.5, 0.6) is 5.75 Å². The molecule has 0 spiro atoms. The molecule has 1 aliphatic heterocycles. The van der Waals surface area contributed by atoms with Crippen molar-refractivity contribution in [3.05, 3.63) is 40.1 Å². The molecule has 0 aliphatic carbocycles. The molecule has 34 heavy (non-hydrogen) atoms. The molecule has 0 unspecified atom stereocenters. The number of hydrogen-bond acceptors (Lipinski definition) is 5. The lowest BCUT2D eigenvalue weighted by molar-refractivity contribution is -0.138. The Bertz CT molecular complexity index is 1040. The van der Waals surface area contributed by atoms with Gasteiger partial charge in [0.2, 0.25) is 0 Å². The number of piperidine rings is 1. The molecule has 1 aromatic carbocycles. The lowest BCUT2D eigenvalue weighted by atomic mass is 9.85. The SMILES string of the molecule is CC(C)c1c(Cl)cnn1C1(C(=O)Nc2ccc(Cl)cc2OC(F)F)CCN(CCC(=O)O)CC1. The quantitative estimate of drug-likeness (QED) is 0.493. The van der Waals surface area contributed by atoms with Gasteiger partial charge >= 0.3 is 12.6 Å². The highest BCUT2D eigenvalue weighted by Crippen LogP contribution is 2.38. The van der Waals surface area contributed by atoms with E-state index < -0.39 is 24.0 Å². The minimum Gasteiger partial charge on any atom is -0.481 e. The van der Waals surface area contributed by atoms with Crippen molar-refractivity contribution in [3.8, 4) is 5.75 Å². The van der Waals surface area contributed by atoms with E-state index >= 15 is 0 Å². The van der Waals surface area contributed by atoms with Gasteiger partial charge < -0.3 is 20.1 Å². The third kappa shape index (κ3) is 5.79. The Morgan fingerprint density at radius 3 is 2.53 bits per heavy atom. The Kier molecular flexibility index (Phi) is 8.38. The molecule has 0 bridgehead atoms. The molecular formula is C22H26Cl2F2N4O4. The average Bonchev–Trinajstić information content (AvgIpc) is 3.16. The van der Waals surface area contributed by atoms with Crippen molar-refractivity contribution >= 4 is 40.8 Å². The molecular weight excluding hydrogens is 493 g/mol. The number of anilines is 1. The molecule has 2 heterocycles. The maximum absolute atomic E-state index is 13.8. The zero-order chi connectivity index (χ0) is 25.0. The van der Waals surface area contributed by atoms with E-state index in [1.807, 2.05) is 18.7 Å². The normalized spacial score (nSPS) is 16.1. The summed E-state index contributed by atoms with van der Waals surface area (Å²) in [4.78, 5) is 26.7. The Hall–Kier alpha value is -2.43. The maximum Gasteiger partial charge on any atom is 0.387 e. The van der Waals surface area contributed by atoms with Crippen LogP contribution >= 0.6 is 23.2 Å². The van der Waals surface area contributed by atoms with E-state index in [2.05, 4.69) is 15.2 Å². The minimum atomic E-state index is -3.10. The lowest BCUT2D eigenvalue weighted by Crippen LogP contribution is -2.54. The number of ether oxygens (including phenoxy) is 1. The van der Waals surface area contributed by atoms with E-state index in [4.69, 9.17) is 28.3 Å². The van der Waals surface area contributed by atoms with Crippen LogP contribution in [0.15, 0.2) is 24.4 Å². The number of carboxylic acid groups (broad SMARTS) is 1. The van der Waals surface area contributed by atoms with Crippen LogP contribution in [0.4, 0.5) is 14.5 Å². The third-order valence-electron chi connectivity index (χ3n) is 5.87. The fourth-order valence-electron chi connectivity index (χ4n) is 4.17. The van der Waals surface area contributed by atoms with Crippen molar-refractivity contribution in [2.45, 2.75) is 51.2 Å². The monoisotopic (exact) mass is 518 g/mol. The summed E-state index contributed by atoms with van der Waals surface area (Å²) in [6.45, 7) is 2.00. The van der Waals surface area contributed by atoms with E-state index in [9.17, 15) is 18.4 Å². The first-order chi connectivity index (χ1) is 16.0. The predicted octanol–water partition coefficient (Wildman–Crippen LogP) is 4.82. The molecule has 1 aliphatic rings. The van der Waals surface area contributed by atoms with E-state index in [-0.39, 0.29) is 28.8 Å². The van der Waals surface area contributed by atoms with Crippen LogP contribution in [0.25, 0.3) is 0 Å². The highest BCUT2D eigenvalue weighted by atomic mass is 35.5. The Labute approximate surface area is 205 Å². The van der Waals surface area contributed by atoms with Gasteiger partial charge in [0.1, 0.15) is 5.54 Å². The molecule has 186 valence electrons. The number of alkyl halides is 2. The van der Waals surface area contributed by atoms with Gasteiger partial charge in [0, 0.05) is 30.7 Å². The number of amides is 1. The zero-order valence-electron chi connectivity index (χ0n) is 18.7. The van der Waals surface area contributed by atoms with Gasteiger partial charge in [-0.15, -0.1) is 0 Å². The zero-order valence-corrected chi connectivity index (χ0v) is 20.2. The van der Waals surface area contributed by atoms with Gasteiger partial charge in [-0.2, -0.15) is 13.9 Å². The number of carbonyl (C=O) groups is 2. The first-order valence-corrected chi connectivity index (χ1v) is 11.5. The molecule has 1 amide bonds. The number of aromatic nitrogens is 2. The molecule has 2 aromatic rings. The lowest BCUT2D eigenvalue weighted by Gasteiger charge is -2.41. The first kappa shape index (κ1) is 26.2. The van der Waals surface area contributed by atoms with Crippen LogP contribution in [-0.2, 0) is 15.1 Å². The van der Waals surface area contributed by atoms with Gasteiger partial charge in [0.15, 0.2) is 5.75 Å². The van der Waals surface area contributed by atoms with Crippen LogP contribution in [0, 0.1) is 0 Å². The second-order valence-corrected chi connectivity index (χ2v) is 9.28. The van der Waals surface area contributed by atoms with Gasteiger partial charge in [0.05, 0.1) is 29.0 Å². The van der Waals surface area contributed by atoms with Gasteiger partial charge in [-0.25, -0.2) is 0 Å². The Balaban J connectivity index is 1.96. The number of hydrogen-bond donors (Lipinski definition) is 2. The van der Waals surface area contributed by atoms with Crippen LogP contribution in [0.1, 0.15) is 44.7 Å². The highest BCUT2D eigenvalue weighted by molar-refractivity contribution is 6.31. The van der Waals surface area contributed by atoms with Crippen molar-refractivity contribution in [3.63, 3.8) is 0 Å². The van der Waals surface area contributed by atoms with Gasteiger partial charge in [0.25, 0.3) is 5.91 Å². The van der Waals surface area contributed by atoms with Crippen LogP contribution in [0.2, 0.25) is 10.0 Å². The van der Waals surface area contributed by atoms with Crippen LogP contribution < -0.4 is 10.1 Å².